The molecular weight excluding hydrogens is 134 g/mol. The molecule has 1 nitrogen and oxygen atoms in total. The Morgan fingerprint density at radius 2 is 1.36 bits per heavy atom. The molecule has 0 atom stereocenters. The van der Waals surface area contributed by atoms with Gasteiger partial charge in [-0.3, -0.25) is 0 Å². The molecule has 11 heavy (non-hydrogen) atoms. The van der Waals surface area contributed by atoms with Crippen molar-refractivity contribution in [3.8, 4) is 0 Å². The van der Waals surface area contributed by atoms with E-state index in [1.54, 1.807) is 0 Å². The van der Waals surface area contributed by atoms with Crippen LogP contribution in [0.1, 0.15) is 11.1 Å². The Labute approximate surface area is 69.4 Å². The van der Waals surface area contributed by atoms with Crippen molar-refractivity contribution in [3.63, 3.8) is 0 Å². The topological polar surface area (TPSA) is 12.0 Å². The lowest BCUT2D eigenvalue weighted by atomic mass is 10.2. The highest BCUT2D eigenvalue weighted by Gasteiger charge is 1.80. The summed E-state index contributed by atoms with van der Waals surface area (Å²) < 4.78 is 0. The van der Waals surface area contributed by atoms with E-state index in [1.165, 1.54) is 11.1 Å². The highest BCUT2D eigenvalue weighted by Crippen LogP contribution is 2.00. The molecule has 1 rings (SSSR count). The van der Waals surface area contributed by atoms with Crippen LogP contribution in [0.3, 0.4) is 0 Å². The van der Waals surface area contributed by atoms with E-state index in [2.05, 4.69) is 43.4 Å². The van der Waals surface area contributed by atoms with Crippen LogP contribution >= 0.6 is 0 Å². The zero-order chi connectivity index (χ0) is 8.69. The van der Waals surface area contributed by atoms with Crippen molar-refractivity contribution in [1.29, 1.82) is 0 Å². The average Bonchev–Trinajstić information content (AvgIpc) is 1.88. The maximum absolute atomic E-state index is 2.75. The second-order valence-electron chi connectivity index (χ2n) is 2.66. The lowest BCUT2D eigenvalue weighted by molar-refractivity contribution is 1.02. The van der Waals surface area contributed by atoms with Gasteiger partial charge in [0, 0.05) is 0 Å². The second kappa shape index (κ2) is 5.93. The van der Waals surface area contributed by atoms with Crippen molar-refractivity contribution in [1.82, 2.24) is 5.32 Å². The lowest BCUT2D eigenvalue weighted by Crippen LogP contribution is -1.89. The smallest absolute Gasteiger partial charge is 0.0167 e. The van der Waals surface area contributed by atoms with E-state index in [4.69, 9.17) is 0 Å². The standard InChI is InChI=1S/C8H10.C2H7N/c1-7-4-3-5-8(2)6-7;1-3-2/h3-6H,1-2H3;3H,1-2H3. The van der Waals surface area contributed by atoms with Gasteiger partial charge >= 0.3 is 0 Å². The van der Waals surface area contributed by atoms with Gasteiger partial charge in [0.05, 0.1) is 0 Å². The Kier molecular flexibility index (Phi) is 5.49. The van der Waals surface area contributed by atoms with Gasteiger partial charge in [0.1, 0.15) is 0 Å². The van der Waals surface area contributed by atoms with Crippen molar-refractivity contribution in [2.45, 2.75) is 13.8 Å². The van der Waals surface area contributed by atoms with Gasteiger partial charge in [-0.2, -0.15) is 0 Å². The highest BCUT2D eigenvalue weighted by atomic mass is 14.7. The molecule has 0 aliphatic rings. The van der Waals surface area contributed by atoms with E-state index in [-0.39, 0.29) is 0 Å². The number of nitrogens with one attached hydrogen (secondary N) is 1. The Balaban J connectivity index is 0.000000292. The van der Waals surface area contributed by atoms with Gasteiger partial charge in [-0.1, -0.05) is 35.4 Å². The van der Waals surface area contributed by atoms with Crippen LogP contribution in [0.2, 0.25) is 0 Å². The van der Waals surface area contributed by atoms with E-state index in [9.17, 15) is 0 Å². The maximum Gasteiger partial charge on any atom is -0.0167 e. The van der Waals surface area contributed by atoms with Gasteiger partial charge in [0.2, 0.25) is 0 Å². The molecule has 0 aliphatic heterocycles. The third-order valence-electron chi connectivity index (χ3n) is 1.17. The molecule has 0 amide bonds. The summed E-state index contributed by atoms with van der Waals surface area (Å²) in [6, 6.07) is 8.45. The predicted molar refractivity (Wildman–Crippen MR) is 50.9 cm³/mol. The molecule has 0 bridgehead atoms. The molecule has 0 heterocycles. The quantitative estimate of drug-likeness (QED) is 0.599. The molecule has 62 valence electrons. The van der Waals surface area contributed by atoms with Crippen LogP contribution in [0.5, 0.6) is 0 Å². The summed E-state index contributed by atoms with van der Waals surface area (Å²) in [7, 11) is 3.75. The molecule has 1 heteroatoms. The first-order valence-corrected chi connectivity index (χ1v) is 3.82. The number of hydrogen-bond acceptors (Lipinski definition) is 1. The first-order valence-electron chi connectivity index (χ1n) is 3.82. The van der Waals surface area contributed by atoms with Gasteiger partial charge in [-0.05, 0) is 27.9 Å². The zero-order valence-corrected chi connectivity index (χ0v) is 7.81. The molecule has 0 aliphatic carbocycles. The first-order chi connectivity index (χ1) is 5.20. The summed E-state index contributed by atoms with van der Waals surface area (Å²) in [4.78, 5) is 0. The predicted octanol–water partition coefficient (Wildman–Crippen LogP) is 2.14. The monoisotopic (exact) mass is 151 g/mol. The van der Waals surface area contributed by atoms with Crippen molar-refractivity contribution in [3.05, 3.63) is 35.4 Å². The largest absolute Gasteiger partial charge is 0.323 e. The molecule has 0 spiro atoms. The maximum atomic E-state index is 2.75. The zero-order valence-electron chi connectivity index (χ0n) is 7.81. The number of rotatable bonds is 0. The fourth-order valence-electron chi connectivity index (χ4n) is 0.807. The van der Waals surface area contributed by atoms with Crippen molar-refractivity contribution < 1.29 is 0 Å². The second-order valence-corrected chi connectivity index (χ2v) is 2.66. The van der Waals surface area contributed by atoms with Gasteiger partial charge in [-0.15, -0.1) is 0 Å². The molecule has 0 saturated heterocycles. The van der Waals surface area contributed by atoms with Gasteiger partial charge in [0.25, 0.3) is 0 Å². The fraction of sp³-hybridized carbons (Fsp3) is 0.400. The molecular formula is C10H17N. The minimum atomic E-state index is 1.34. The highest BCUT2D eigenvalue weighted by molar-refractivity contribution is 5.20. The van der Waals surface area contributed by atoms with E-state index in [0.717, 1.165) is 0 Å². The summed E-state index contributed by atoms with van der Waals surface area (Å²) in [6.45, 7) is 4.21. The van der Waals surface area contributed by atoms with Crippen LogP contribution in [-0.4, -0.2) is 14.1 Å². The minimum Gasteiger partial charge on any atom is -0.323 e. The van der Waals surface area contributed by atoms with Crippen molar-refractivity contribution in [2.75, 3.05) is 14.1 Å². The Morgan fingerprint density at radius 1 is 1.00 bits per heavy atom. The summed E-state index contributed by atoms with van der Waals surface area (Å²) in [5.41, 5.74) is 2.68. The van der Waals surface area contributed by atoms with Crippen LogP contribution in [-0.2, 0) is 0 Å². The number of hydrogen-bond donors (Lipinski definition) is 1. The molecule has 0 radical (unpaired) electrons. The summed E-state index contributed by atoms with van der Waals surface area (Å²) in [6.07, 6.45) is 0. The minimum absolute atomic E-state index is 1.34. The normalized spacial score (nSPS) is 8.36. The third-order valence-corrected chi connectivity index (χ3v) is 1.17. The Bertz CT molecular complexity index is 177. The van der Waals surface area contributed by atoms with E-state index < -0.39 is 0 Å². The van der Waals surface area contributed by atoms with E-state index in [0.29, 0.717) is 0 Å². The van der Waals surface area contributed by atoms with Crippen molar-refractivity contribution >= 4 is 0 Å². The van der Waals surface area contributed by atoms with Gasteiger partial charge < -0.3 is 5.32 Å². The average molecular weight is 151 g/mol. The van der Waals surface area contributed by atoms with Crippen LogP contribution in [0.4, 0.5) is 0 Å². The summed E-state index contributed by atoms with van der Waals surface area (Å²) in [5.74, 6) is 0. The number of aryl methyl sites for hydroxylation is 2. The Morgan fingerprint density at radius 3 is 1.55 bits per heavy atom. The van der Waals surface area contributed by atoms with Gasteiger partial charge in [0.15, 0.2) is 0 Å². The summed E-state index contributed by atoms with van der Waals surface area (Å²) in [5, 5.41) is 2.75. The summed E-state index contributed by atoms with van der Waals surface area (Å²) >= 11 is 0. The first kappa shape index (κ1) is 10.2. The van der Waals surface area contributed by atoms with Crippen LogP contribution < -0.4 is 5.32 Å². The van der Waals surface area contributed by atoms with Gasteiger partial charge in [-0.25, -0.2) is 0 Å². The molecule has 1 N–H and O–H groups in total. The lowest BCUT2D eigenvalue weighted by Gasteiger charge is -1.90. The fourth-order valence-corrected chi connectivity index (χ4v) is 0.807. The molecule has 0 fully saturated rings. The molecule has 0 unspecified atom stereocenters. The van der Waals surface area contributed by atoms with E-state index in [1.807, 2.05) is 14.1 Å². The molecule has 1 aromatic carbocycles. The SMILES string of the molecule is CNC.Cc1cccc(C)c1. The molecule has 1 aromatic rings. The van der Waals surface area contributed by atoms with Crippen molar-refractivity contribution in [2.24, 2.45) is 0 Å². The number of benzene rings is 1. The molecule has 0 aromatic heterocycles. The Hall–Kier alpha value is -0.820. The third kappa shape index (κ3) is 5.62. The van der Waals surface area contributed by atoms with E-state index >= 15 is 0 Å². The molecule has 0 saturated carbocycles. The van der Waals surface area contributed by atoms with Crippen LogP contribution in [0.25, 0.3) is 0 Å². The van der Waals surface area contributed by atoms with Crippen LogP contribution in [0, 0.1) is 13.8 Å². The van der Waals surface area contributed by atoms with Crippen LogP contribution in [0.15, 0.2) is 24.3 Å².